The van der Waals surface area contributed by atoms with Crippen molar-refractivity contribution in [2.45, 2.75) is 46.3 Å². The highest BCUT2D eigenvalue weighted by Crippen LogP contribution is 2.08. The Morgan fingerprint density at radius 1 is 1.22 bits per heavy atom. The number of aliphatic imine (C=N–C) groups is 1. The van der Waals surface area contributed by atoms with Gasteiger partial charge in [0.15, 0.2) is 5.96 Å². The molecule has 1 aromatic carbocycles. The van der Waals surface area contributed by atoms with Crippen molar-refractivity contribution < 1.29 is 0 Å². The van der Waals surface area contributed by atoms with E-state index in [0.29, 0.717) is 6.54 Å². The molecule has 0 saturated carbocycles. The molecule has 0 aliphatic heterocycles. The molecule has 2 aromatic rings. The zero-order chi connectivity index (χ0) is 16.7. The molecular formula is C18H27N5. The van der Waals surface area contributed by atoms with E-state index in [4.69, 9.17) is 0 Å². The molecule has 0 spiro atoms. The van der Waals surface area contributed by atoms with Crippen LogP contribution in [0.5, 0.6) is 0 Å². The van der Waals surface area contributed by atoms with Crippen molar-refractivity contribution in [1.29, 1.82) is 0 Å². The quantitative estimate of drug-likeness (QED) is 0.659. The summed E-state index contributed by atoms with van der Waals surface area (Å²) in [4.78, 5) is 4.68. The average molecular weight is 313 g/mol. The SMILES string of the molecule is CCNC(=NCc1cccc(Cn2cccn2)c1)NC(C)(C)C. The van der Waals surface area contributed by atoms with Crippen LogP contribution in [-0.4, -0.2) is 27.8 Å². The maximum Gasteiger partial charge on any atom is 0.191 e. The van der Waals surface area contributed by atoms with Gasteiger partial charge in [-0.1, -0.05) is 24.3 Å². The zero-order valence-corrected chi connectivity index (χ0v) is 14.5. The molecule has 0 atom stereocenters. The fourth-order valence-electron chi connectivity index (χ4n) is 2.24. The molecule has 0 amide bonds. The van der Waals surface area contributed by atoms with Gasteiger partial charge in [0.05, 0.1) is 13.1 Å². The third-order valence-electron chi connectivity index (χ3n) is 3.15. The van der Waals surface area contributed by atoms with Gasteiger partial charge in [0.25, 0.3) is 0 Å². The van der Waals surface area contributed by atoms with Gasteiger partial charge in [0.2, 0.25) is 0 Å². The number of guanidine groups is 1. The third-order valence-corrected chi connectivity index (χ3v) is 3.15. The Kier molecular flexibility index (Phi) is 5.79. The molecule has 1 heterocycles. The van der Waals surface area contributed by atoms with Gasteiger partial charge in [-0.25, -0.2) is 4.99 Å². The van der Waals surface area contributed by atoms with E-state index in [-0.39, 0.29) is 5.54 Å². The lowest BCUT2D eigenvalue weighted by molar-refractivity contribution is 0.501. The second-order valence-electron chi connectivity index (χ2n) is 6.59. The topological polar surface area (TPSA) is 54.2 Å². The molecule has 23 heavy (non-hydrogen) atoms. The Morgan fingerprint density at radius 2 is 2.00 bits per heavy atom. The Balaban J connectivity index is 2.04. The van der Waals surface area contributed by atoms with Crippen LogP contribution in [0.2, 0.25) is 0 Å². The lowest BCUT2D eigenvalue weighted by Crippen LogP contribution is -2.47. The molecule has 0 fully saturated rings. The predicted octanol–water partition coefficient (Wildman–Crippen LogP) is 2.79. The van der Waals surface area contributed by atoms with Crippen LogP contribution in [0.25, 0.3) is 0 Å². The van der Waals surface area contributed by atoms with E-state index in [0.717, 1.165) is 19.0 Å². The van der Waals surface area contributed by atoms with Crippen molar-refractivity contribution in [3.05, 3.63) is 53.9 Å². The van der Waals surface area contributed by atoms with Crippen LogP contribution < -0.4 is 10.6 Å². The second kappa shape index (κ2) is 7.81. The molecule has 0 aliphatic rings. The van der Waals surface area contributed by atoms with Gasteiger partial charge in [-0.15, -0.1) is 0 Å². The highest BCUT2D eigenvalue weighted by molar-refractivity contribution is 5.80. The Bertz CT molecular complexity index is 623. The Labute approximate surface area is 138 Å². The number of hydrogen-bond acceptors (Lipinski definition) is 2. The van der Waals surface area contributed by atoms with E-state index in [1.54, 1.807) is 6.20 Å². The minimum Gasteiger partial charge on any atom is -0.357 e. The molecule has 124 valence electrons. The minimum absolute atomic E-state index is 0.0110. The van der Waals surface area contributed by atoms with Gasteiger partial charge in [-0.3, -0.25) is 4.68 Å². The standard InChI is InChI=1S/C18H27N5/c1-5-19-17(22-18(2,3)4)20-13-15-8-6-9-16(12-15)14-23-11-7-10-21-23/h6-12H,5,13-14H2,1-4H3,(H2,19,20,22). The maximum absolute atomic E-state index is 4.68. The first-order chi connectivity index (χ1) is 11.0. The smallest absolute Gasteiger partial charge is 0.191 e. The molecular weight excluding hydrogens is 286 g/mol. The van der Waals surface area contributed by atoms with Crippen LogP contribution >= 0.6 is 0 Å². The van der Waals surface area contributed by atoms with Crippen LogP contribution in [0, 0.1) is 0 Å². The summed E-state index contributed by atoms with van der Waals surface area (Å²) < 4.78 is 1.92. The second-order valence-corrected chi connectivity index (χ2v) is 6.59. The largest absolute Gasteiger partial charge is 0.357 e. The van der Waals surface area contributed by atoms with E-state index in [9.17, 15) is 0 Å². The molecule has 5 nitrogen and oxygen atoms in total. The van der Waals surface area contributed by atoms with Gasteiger partial charge in [-0.05, 0) is 44.9 Å². The number of benzene rings is 1. The minimum atomic E-state index is -0.0110. The molecule has 2 rings (SSSR count). The van der Waals surface area contributed by atoms with Gasteiger partial charge in [0.1, 0.15) is 0 Å². The lowest BCUT2D eigenvalue weighted by Gasteiger charge is -2.23. The molecule has 0 unspecified atom stereocenters. The van der Waals surface area contributed by atoms with Crippen molar-refractivity contribution in [2.75, 3.05) is 6.54 Å². The number of hydrogen-bond donors (Lipinski definition) is 2. The maximum atomic E-state index is 4.68. The zero-order valence-electron chi connectivity index (χ0n) is 14.5. The van der Waals surface area contributed by atoms with E-state index >= 15 is 0 Å². The first-order valence-electron chi connectivity index (χ1n) is 8.08. The van der Waals surface area contributed by atoms with Crippen molar-refractivity contribution in [2.24, 2.45) is 4.99 Å². The highest BCUT2D eigenvalue weighted by Gasteiger charge is 2.11. The van der Waals surface area contributed by atoms with Crippen LogP contribution in [0.4, 0.5) is 0 Å². The number of rotatable bonds is 5. The number of nitrogens with zero attached hydrogens (tertiary/aromatic N) is 3. The van der Waals surface area contributed by atoms with Gasteiger partial charge in [0, 0.05) is 24.5 Å². The van der Waals surface area contributed by atoms with Crippen molar-refractivity contribution in [3.8, 4) is 0 Å². The van der Waals surface area contributed by atoms with Crippen molar-refractivity contribution in [3.63, 3.8) is 0 Å². The number of nitrogens with one attached hydrogen (secondary N) is 2. The van der Waals surface area contributed by atoms with E-state index in [1.165, 1.54) is 11.1 Å². The summed E-state index contributed by atoms with van der Waals surface area (Å²) in [6.45, 7) is 10.7. The van der Waals surface area contributed by atoms with Crippen LogP contribution in [0.1, 0.15) is 38.8 Å². The predicted molar refractivity (Wildman–Crippen MR) is 95.5 cm³/mol. The fourth-order valence-corrected chi connectivity index (χ4v) is 2.24. The molecule has 0 aliphatic carbocycles. The molecule has 0 radical (unpaired) electrons. The monoisotopic (exact) mass is 313 g/mol. The third kappa shape index (κ3) is 6.14. The average Bonchev–Trinajstić information content (AvgIpc) is 2.97. The van der Waals surface area contributed by atoms with Crippen molar-refractivity contribution in [1.82, 2.24) is 20.4 Å². The van der Waals surface area contributed by atoms with E-state index in [1.807, 2.05) is 16.9 Å². The van der Waals surface area contributed by atoms with Gasteiger partial charge in [-0.2, -0.15) is 5.10 Å². The van der Waals surface area contributed by atoms with Crippen molar-refractivity contribution >= 4 is 5.96 Å². The summed E-state index contributed by atoms with van der Waals surface area (Å²) >= 11 is 0. The summed E-state index contributed by atoms with van der Waals surface area (Å²) in [5.41, 5.74) is 2.42. The summed E-state index contributed by atoms with van der Waals surface area (Å²) in [5.74, 6) is 0.845. The molecule has 0 bridgehead atoms. The highest BCUT2D eigenvalue weighted by atomic mass is 15.3. The molecule has 5 heteroatoms. The summed E-state index contributed by atoms with van der Waals surface area (Å²) in [5, 5.41) is 10.9. The lowest BCUT2D eigenvalue weighted by atomic mass is 10.1. The summed E-state index contributed by atoms with van der Waals surface area (Å²) in [7, 11) is 0. The van der Waals surface area contributed by atoms with Gasteiger partial charge >= 0.3 is 0 Å². The van der Waals surface area contributed by atoms with E-state index in [2.05, 4.69) is 72.7 Å². The fraction of sp³-hybridized carbons (Fsp3) is 0.444. The Morgan fingerprint density at radius 3 is 2.65 bits per heavy atom. The molecule has 1 aromatic heterocycles. The number of aromatic nitrogens is 2. The van der Waals surface area contributed by atoms with Crippen LogP contribution in [0.15, 0.2) is 47.7 Å². The van der Waals surface area contributed by atoms with Crippen LogP contribution in [0.3, 0.4) is 0 Å². The summed E-state index contributed by atoms with van der Waals surface area (Å²) in [6.07, 6.45) is 3.77. The van der Waals surface area contributed by atoms with Gasteiger partial charge < -0.3 is 10.6 Å². The Hall–Kier alpha value is -2.30. The normalized spacial score (nSPS) is 12.3. The van der Waals surface area contributed by atoms with Crippen LogP contribution in [-0.2, 0) is 13.1 Å². The first-order valence-corrected chi connectivity index (χ1v) is 8.08. The molecule has 2 N–H and O–H groups in total. The van der Waals surface area contributed by atoms with E-state index < -0.39 is 0 Å². The first kappa shape index (κ1) is 17.1. The molecule has 0 saturated heterocycles. The summed E-state index contributed by atoms with van der Waals surface area (Å²) in [6, 6.07) is 10.4.